The van der Waals surface area contributed by atoms with E-state index in [1.54, 1.807) is 6.07 Å². The fourth-order valence-electron chi connectivity index (χ4n) is 2.61. The van der Waals surface area contributed by atoms with Crippen molar-refractivity contribution in [3.63, 3.8) is 0 Å². The van der Waals surface area contributed by atoms with E-state index in [9.17, 15) is 10.1 Å². The van der Waals surface area contributed by atoms with Crippen LogP contribution in [0.4, 0.5) is 5.69 Å². The third-order valence-corrected chi connectivity index (χ3v) is 3.70. The summed E-state index contributed by atoms with van der Waals surface area (Å²) in [5.74, 6) is 0.304. The van der Waals surface area contributed by atoms with Crippen molar-refractivity contribution in [2.45, 2.75) is 26.3 Å². The van der Waals surface area contributed by atoms with Crippen LogP contribution in [-0.2, 0) is 13.0 Å². The molecule has 7 nitrogen and oxygen atoms in total. The molecule has 0 saturated carbocycles. The maximum absolute atomic E-state index is 11.3. The van der Waals surface area contributed by atoms with Crippen LogP contribution in [0.15, 0.2) is 18.2 Å². The van der Waals surface area contributed by atoms with E-state index in [-0.39, 0.29) is 5.69 Å². The number of hydrogen-bond acceptors (Lipinski definition) is 5. The Morgan fingerprint density at radius 2 is 2.32 bits per heavy atom. The fourth-order valence-corrected chi connectivity index (χ4v) is 2.61. The molecule has 0 bridgehead atoms. The summed E-state index contributed by atoms with van der Waals surface area (Å²) in [5, 5.41) is 21.9. The molecule has 2 aromatic rings. The van der Waals surface area contributed by atoms with Crippen molar-refractivity contribution >= 4 is 5.69 Å². The van der Waals surface area contributed by atoms with Gasteiger partial charge in [0.05, 0.1) is 17.2 Å². The lowest BCUT2D eigenvalue weighted by Gasteiger charge is -2.13. The number of benzene rings is 1. The van der Waals surface area contributed by atoms with Gasteiger partial charge in [0, 0.05) is 42.4 Å². The number of fused-ring (bicyclic) bond motifs is 1. The summed E-state index contributed by atoms with van der Waals surface area (Å²) in [6.07, 6.45) is 1.69. The van der Waals surface area contributed by atoms with Crippen molar-refractivity contribution in [1.82, 2.24) is 15.5 Å². The van der Waals surface area contributed by atoms with Crippen molar-refractivity contribution < 1.29 is 9.66 Å². The highest BCUT2D eigenvalue weighted by Gasteiger charge is 2.21. The first-order valence-corrected chi connectivity index (χ1v) is 7.39. The second-order valence-corrected chi connectivity index (χ2v) is 5.24. The number of aromatic nitrogens is 2. The zero-order valence-electron chi connectivity index (χ0n) is 12.4. The van der Waals surface area contributed by atoms with Crippen LogP contribution in [0.3, 0.4) is 0 Å². The molecule has 2 N–H and O–H groups in total. The lowest BCUT2D eigenvalue weighted by molar-refractivity contribution is -0.385. The number of nitrogens with one attached hydrogen (secondary N) is 2. The van der Waals surface area contributed by atoms with Gasteiger partial charge in [0.2, 0.25) is 0 Å². The van der Waals surface area contributed by atoms with Crippen LogP contribution in [0.5, 0.6) is 5.75 Å². The lowest BCUT2D eigenvalue weighted by atomic mass is 10.0. The average Bonchev–Trinajstić information content (AvgIpc) is 2.96. The molecule has 0 amide bonds. The number of hydrogen-bond donors (Lipinski definition) is 2. The molecule has 0 saturated heterocycles. The molecule has 0 aliphatic carbocycles. The zero-order chi connectivity index (χ0) is 15.5. The van der Waals surface area contributed by atoms with E-state index >= 15 is 0 Å². The Balaban J connectivity index is 1.99. The first kappa shape index (κ1) is 14.5. The summed E-state index contributed by atoms with van der Waals surface area (Å²) in [6, 6.07) is 5.01. The molecule has 0 unspecified atom stereocenters. The predicted octanol–water partition coefficient (Wildman–Crippen LogP) is 2.42. The van der Waals surface area contributed by atoms with Gasteiger partial charge in [0.1, 0.15) is 0 Å². The van der Waals surface area contributed by atoms with Crippen molar-refractivity contribution in [3.8, 4) is 17.0 Å². The molecule has 1 aliphatic heterocycles. The quantitative estimate of drug-likeness (QED) is 0.653. The Bertz CT molecular complexity index is 696. The minimum absolute atomic E-state index is 0.0218. The second kappa shape index (κ2) is 6.15. The van der Waals surface area contributed by atoms with Crippen molar-refractivity contribution in [2.75, 3.05) is 13.2 Å². The van der Waals surface area contributed by atoms with E-state index in [0.29, 0.717) is 12.4 Å². The zero-order valence-corrected chi connectivity index (χ0v) is 12.4. The number of rotatable bonds is 5. The van der Waals surface area contributed by atoms with Gasteiger partial charge in [-0.25, -0.2) is 0 Å². The van der Waals surface area contributed by atoms with Gasteiger partial charge >= 0.3 is 5.69 Å². The van der Waals surface area contributed by atoms with E-state index in [0.717, 1.165) is 48.4 Å². The minimum atomic E-state index is -0.411. The molecule has 1 aromatic carbocycles. The van der Waals surface area contributed by atoms with Crippen LogP contribution in [0.2, 0.25) is 0 Å². The van der Waals surface area contributed by atoms with Crippen molar-refractivity contribution in [2.24, 2.45) is 0 Å². The van der Waals surface area contributed by atoms with Crippen molar-refractivity contribution in [1.29, 1.82) is 0 Å². The summed E-state index contributed by atoms with van der Waals surface area (Å²) in [7, 11) is 0. The fraction of sp³-hybridized carbons (Fsp3) is 0.400. The van der Waals surface area contributed by atoms with Gasteiger partial charge in [0.25, 0.3) is 0 Å². The predicted molar refractivity (Wildman–Crippen MR) is 81.9 cm³/mol. The summed E-state index contributed by atoms with van der Waals surface area (Å²) >= 11 is 0. The number of nitro groups is 1. The van der Waals surface area contributed by atoms with E-state index in [1.165, 1.54) is 6.07 Å². The molecule has 0 spiro atoms. The Morgan fingerprint density at radius 1 is 1.45 bits per heavy atom. The molecule has 0 fully saturated rings. The number of H-pyrrole nitrogens is 1. The first-order valence-electron chi connectivity index (χ1n) is 7.39. The molecule has 1 aliphatic rings. The second-order valence-electron chi connectivity index (χ2n) is 5.24. The van der Waals surface area contributed by atoms with Gasteiger partial charge in [-0.3, -0.25) is 15.2 Å². The number of nitro benzene ring substituents is 1. The van der Waals surface area contributed by atoms with Gasteiger partial charge in [-0.1, -0.05) is 6.92 Å². The highest BCUT2D eigenvalue weighted by atomic mass is 16.6. The van der Waals surface area contributed by atoms with E-state index in [1.807, 2.05) is 13.0 Å². The van der Waals surface area contributed by atoms with Gasteiger partial charge < -0.3 is 10.1 Å². The largest absolute Gasteiger partial charge is 0.487 e. The van der Waals surface area contributed by atoms with Crippen LogP contribution in [0.1, 0.15) is 24.6 Å². The molecular formula is C15H18N4O3. The van der Waals surface area contributed by atoms with Gasteiger partial charge in [-0.05, 0) is 18.6 Å². The topological polar surface area (TPSA) is 93.1 Å². The molecule has 7 heteroatoms. The monoisotopic (exact) mass is 302 g/mol. The van der Waals surface area contributed by atoms with Gasteiger partial charge in [-0.15, -0.1) is 0 Å². The van der Waals surface area contributed by atoms with Crippen LogP contribution >= 0.6 is 0 Å². The smallest absolute Gasteiger partial charge is 0.311 e. The van der Waals surface area contributed by atoms with Gasteiger partial charge in [0.15, 0.2) is 5.75 Å². The average molecular weight is 302 g/mol. The molecule has 1 aromatic heterocycles. The van der Waals surface area contributed by atoms with Gasteiger partial charge in [-0.2, -0.15) is 5.10 Å². The van der Waals surface area contributed by atoms with Crippen LogP contribution < -0.4 is 10.1 Å². The number of ether oxygens (including phenoxy) is 1. The maximum atomic E-state index is 11.3. The van der Waals surface area contributed by atoms with E-state index < -0.39 is 4.92 Å². The molecule has 2 heterocycles. The summed E-state index contributed by atoms with van der Waals surface area (Å²) < 4.78 is 5.45. The Kier molecular flexibility index (Phi) is 4.06. The summed E-state index contributed by atoms with van der Waals surface area (Å²) in [6.45, 7) is 4.06. The lowest BCUT2D eigenvalue weighted by Crippen LogP contribution is -2.23. The first-order chi connectivity index (χ1) is 10.7. The Morgan fingerprint density at radius 3 is 3.09 bits per heavy atom. The SMILES string of the molecule is CCCOc1ccc(-c2n[nH]c3c2CNCC3)cc1[N+](=O)[O-]. The summed E-state index contributed by atoms with van der Waals surface area (Å²) in [5.41, 5.74) is 3.67. The van der Waals surface area contributed by atoms with Crippen LogP contribution in [0, 0.1) is 10.1 Å². The molecule has 0 atom stereocenters. The van der Waals surface area contributed by atoms with Crippen molar-refractivity contribution in [3.05, 3.63) is 39.6 Å². The molecule has 0 radical (unpaired) electrons. The highest BCUT2D eigenvalue weighted by Crippen LogP contribution is 2.34. The third-order valence-electron chi connectivity index (χ3n) is 3.70. The van der Waals surface area contributed by atoms with E-state index in [2.05, 4.69) is 15.5 Å². The number of nitrogens with zero attached hydrogens (tertiary/aromatic N) is 2. The summed E-state index contributed by atoms with van der Waals surface area (Å²) in [4.78, 5) is 10.9. The van der Waals surface area contributed by atoms with Crippen LogP contribution in [-0.4, -0.2) is 28.3 Å². The molecule has 116 valence electrons. The van der Waals surface area contributed by atoms with E-state index in [4.69, 9.17) is 4.74 Å². The molecular weight excluding hydrogens is 284 g/mol. The Labute approximate surface area is 127 Å². The number of aromatic amines is 1. The third kappa shape index (κ3) is 2.67. The normalized spacial score (nSPS) is 13.7. The molecule has 3 rings (SSSR count). The highest BCUT2D eigenvalue weighted by molar-refractivity contribution is 5.69. The molecule has 22 heavy (non-hydrogen) atoms. The Hall–Kier alpha value is -2.41. The standard InChI is InChI=1S/C15H18N4O3/c1-2-7-22-14-4-3-10(8-13(14)19(20)21)15-11-9-16-6-5-12(11)17-18-15/h3-4,8,16H,2,5-7,9H2,1H3,(H,17,18). The van der Waals surface area contributed by atoms with Crippen LogP contribution in [0.25, 0.3) is 11.3 Å². The minimum Gasteiger partial charge on any atom is -0.487 e. The maximum Gasteiger partial charge on any atom is 0.311 e.